The molecule has 0 fully saturated rings. The predicted octanol–water partition coefficient (Wildman–Crippen LogP) is 0.305. The second kappa shape index (κ2) is 5.89. The van der Waals surface area contributed by atoms with E-state index in [4.69, 9.17) is 5.73 Å². The highest BCUT2D eigenvalue weighted by atomic mass is 16.1. The molecule has 1 heterocycles. The van der Waals surface area contributed by atoms with E-state index in [0.717, 1.165) is 5.56 Å². The van der Waals surface area contributed by atoms with Gasteiger partial charge in [0, 0.05) is 25.1 Å². The third-order valence-electron chi connectivity index (χ3n) is 2.14. The van der Waals surface area contributed by atoms with E-state index in [0.29, 0.717) is 31.1 Å². The molecule has 6 nitrogen and oxygen atoms in total. The number of nitrogens with two attached hydrogens (primary N) is 1. The standard InChI is InChI=1S/C10H17N5O/c1-3-12-8(16)4-5-13-10-7(2)9(11)14-6-15-10/h6H,3-5H2,1-2H3,(H,12,16)(H3,11,13,14,15). The van der Waals surface area contributed by atoms with Gasteiger partial charge in [-0.05, 0) is 13.8 Å². The largest absolute Gasteiger partial charge is 0.383 e. The van der Waals surface area contributed by atoms with E-state index in [1.165, 1.54) is 6.33 Å². The molecule has 0 aliphatic carbocycles. The van der Waals surface area contributed by atoms with Crippen molar-refractivity contribution >= 4 is 17.5 Å². The van der Waals surface area contributed by atoms with Crippen molar-refractivity contribution in [2.24, 2.45) is 0 Å². The fourth-order valence-corrected chi connectivity index (χ4v) is 1.22. The smallest absolute Gasteiger partial charge is 0.221 e. The van der Waals surface area contributed by atoms with Crippen LogP contribution in [0.3, 0.4) is 0 Å². The number of nitrogens with zero attached hydrogens (tertiary/aromatic N) is 2. The topological polar surface area (TPSA) is 92.9 Å². The SMILES string of the molecule is CCNC(=O)CCNc1ncnc(N)c1C. The Hall–Kier alpha value is -1.85. The molecule has 6 heteroatoms. The van der Waals surface area contributed by atoms with Gasteiger partial charge in [0.1, 0.15) is 18.0 Å². The van der Waals surface area contributed by atoms with Crippen molar-refractivity contribution in [2.75, 3.05) is 24.1 Å². The van der Waals surface area contributed by atoms with Gasteiger partial charge in [0.05, 0.1) is 0 Å². The molecule has 0 aliphatic heterocycles. The van der Waals surface area contributed by atoms with Gasteiger partial charge in [-0.2, -0.15) is 0 Å². The Kier molecular flexibility index (Phi) is 4.50. The Morgan fingerprint density at radius 3 is 2.94 bits per heavy atom. The van der Waals surface area contributed by atoms with Crippen LogP contribution < -0.4 is 16.4 Å². The van der Waals surface area contributed by atoms with E-state index >= 15 is 0 Å². The number of aromatic nitrogens is 2. The molecule has 0 saturated carbocycles. The van der Waals surface area contributed by atoms with E-state index < -0.39 is 0 Å². The fourth-order valence-electron chi connectivity index (χ4n) is 1.22. The Labute approximate surface area is 94.7 Å². The van der Waals surface area contributed by atoms with Gasteiger partial charge in [-0.25, -0.2) is 9.97 Å². The lowest BCUT2D eigenvalue weighted by Crippen LogP contribution is -2.25. The molecule has 4 N–H and O–H groups in total. The number of rotatable bonds is 5. The normalized spacial score (nSPS) is 9.88. The Morgan fingerprint density at radius 1 is 1.50 bits per heavy atom. The molecule has 0 aliphatic rings. The van der Waals surface area contributed by atoms with Crippen LogP contribution in [0, 0.1) is 6.92 Å². The maximum Gasteiger partial charge on any atom is 0.221 e. The first-order valence-electron chi connectivity index (χ1n) is 5.22. The summed E-state index contributed by atoms with van der Waals surface area (Å²) < 4.78 is 0. The molecule has 1 rings (SSSR count). The summed E-state index contributed by atoms with van der Waals surface area (Å²) >= 11 is 0. The molecule has 1 aromatic heterocycles. The lowest BCUT2D eigenvalue weighted by molar-refractivity contribution is -0.120. The number of amides is 1. The second-order valence-electron chi connectivity index (χ2n) is 3.36. The van der Waals surface area contributed by atoms with Crippen molar-refractivity contribution < 1.29 is 4.79 Å². The lowest BCUT2D eigenvalue weighted by atomic mass is 10.3. The first kappa shape index (κ1) is 12.2. The van der Waals surface area contributed by atoms with Crippen LogP contribution in [0.1, 0.15) is 18.9 Å². The molecule has 0 saturated heterocycles. The van der Waals surface area contributed by atoms with Gasteiger partial charge in [-0.3, -0.25) is 4.79 Å². The van der Waals surface area contributed by atoms with Crippen molar-refractivity contribution in [3.63, 3.8) is 0 Å². The van der Waals surface area contributed by atoms with E-state index in [1.54, 1.807) is 0 Å². The van der Waals surface area contributed by atoms with Gasteiger partial charge in [-0.15, -0.1) is 0 Å². The highest BCUT2D eigenvalue weighted by Crippen LogP contribution is 2.14. The average molecular weight is 223 g/mol. The minimum atomic E-state index is 0.0229. The van der Waals surface area contributed by atoms with Gasteiger partial charge in [0.2, 0.25) is 5.91 Å². The number of carbonyl (C=O) groups excluding carboxylic acids is 1. The third-order valence-corrected chi connectivity index (χ3v) is 2.14. The molecule has 0 atom stereocenters. The summed E-state index contributed by atoms with van der Waals surface area (Å²) in [6.45, 7) is 4.91. The Morgan fingerprint density at radius 2 is 2.25 bits per heavy atom. The van der Waals surface area contributed by atoms with Crippen molar-refractivity contribution in [1.82, 2.24) is 15.3 Å². The van der Waals surface area contributed by atoms with Crippen LogP contribution in [0.5, 0.6) is 0 Å². The van der Waals surface area contributed by atoms with Gasteiger partial charge in [0.25, 0.3) is 0 Å². The maximum atomic E-state index is 11.2. The number of hydrogen-bond acceptors (Lipinski definition) is 5. The van der Waals surface area contributed by atoms with Crippen LogP contribution in [-0.2, 0) is 4.79 Å². The zero-order valence-electron chi connectivity index (χ0n) is 9.58. The molecule has 0 aromatic carbocycles. The minimum absolute atomic E-state index is 0.0229. The minimum Gasteiger partial charge on any atom is -0.383 e. The average Bonchev–Trinajstić information content (AvgIpc) is 2.25. The van der Waals surface area contributed by atoms with Crippen molar-refractivity contribution in [2.45, 2.75) is 20.3 Å². The maximum absolute atomic E-state index is 11.2. The second-order valence-corrected chi connectivity index (χ2v) is 3.36. The number of nitrogen functional groups attached to an aromatic ring is 1. The van der Waals surface area contributed by atoms with Crippen LogP contribution in [0.15, 0.2) is 6.33 Å². The molecule has 0 spiro atoms. The first-order chi connectivity index (χ1) is 7.65. The van der Waals surface area contributed by atoms with Gasteiger partial charge in [0.15, 0.2) is 0 Å². The monoisotopic (exact) mass is 223 g/mol. The highest BCUT2D eigenvalue weighted by molar-refractivity contribution is 5.76. The Bertz CT molecular complexity index is 366. The molecule has 1 amide bonds. The molecule has 0 radical (unpaired) electrons. The molecule has 0 unspecified atom stereocenters. The summed E-state index contributed by atoms with van der Waals surface area (Å²) in [6.07, 6.45) is 1.81. The molecular formula is C10H17N5O. The predicted molar refractivity (Wildman–Crippen MR) is 63.0 cm³/mol. The first-order valence-corrected chi connectivity index (χ1v) is 5.22. The van der Waals surface area contributed by atoms with Crippen LogP contribution in [-0.4, -0.2) is 29.0 Å². The molecule has 1 aromatic rings. The van der Waals surface area contributed by atoms with Crippen molar-refractivity contribution in [3.8, 4) is 0 Å². The van der Waals surface area contributed by atoms with Gasteiger partial charge in [-0.1, -0.05) is 0 Å². The summed E-state index contributed by atoms with van der Waals surface area (Å²) in [4.78, 5) is 19.1. The van der Waals surface area contributed by atoms with Crippen LogP contribution in [0.2, 0.25) is 0 Å². The molecule has 16 heavy (non-hydrogen) atoms. The van der Waals surface area contributed by atoms with Crippen LogP contribution in [0.25, 0.3) is 0 Å². The van der Waals surface area contributed by atoms with Crippen LogP contribution in [0.4, 0.5) is 11.6 Å². The molecular weight excluding hydrogens is 206 g/mol. The summed E-state index contributed by atoms with van der Waals surface area (Å²) in [7, 11) is 0. The fraction of sp³-hybridized carbons (Fsp3) is 0.500. The molecule has 88 valence electrons. The summed E-state index contributed by atoms with van der Waals surface area (Å²) in [6, 6.07) is 0. The van der Waals surface area contributed by atoms with Crippen LogP contribution >= 0.6 is 0 Å². The number of carbonyl (C=O) groups is 1. The zero-order valence-corrected chi connectivity index (χ0v) is 9.58. The van der Waals surface area contributed by atoms with E-state index in [-0.39, 0.29) is 5.91 Å². The lowest BCUT2D eigenvalue weighted by Gasteiger charge is -2.08. The number of nitrogens with one attached hydrogen (secondary N) is 2. The summed E-state index contributed by atoms with van der Waals surface area (Å²) in [5.74, 6) is 1.15. The van der Waals surface area contributed by atoms with Crippen molar-refractivity contribution in [1.29, 1.82) is 0 Å². The van der Waals surface area contributed by atoms with Crippen molar-refractivity contribution in [3.05, 3.63) is 11.9 Å². The van der Waals surface area contributed by atoms with E-state index in [2.05, 4.69) is 20.6 Å². The zero-order chi connectivity index (χ0) is 12.0. The van der Waals surface area contributed by atoms with E-state index in [9.17, 15) is 4.79 Å². The summed E-state index contributed by atoms with van der Waals surface area (Å²) in [5.41, 5.74) is 6.43. The highest BCUT2D eigenvalue weighted by Gasteiger charge is 2.04. The summed E-state index contributed by atoms with van der Waals surface area (Å²) in [5, 5.41) is 5.77. The molecule has 0 bridgehead atoms. The quantitative estimate of drug-likeness (QED) is 0.668. The number of anilines is 2. The Balaban J connectivity index is 2.43. The van der Waals surface area contributed by atoms with Gasteiger partial charge >= 0.3 is 0 Å². The third kappa shape index (κ3) is 3.38. The van der Waals surface area contributed by atoms with Gasteiger partial charge < -0.3 is 16.4 Å². The number of hydrogen-bond donors (Lipinski definition) is 3. The van der Waals surface area contributed by atoms with E-state index in [1.807, 2.05) is 13.8 Å².